The first-order valence-corrected chi connectivity index (χ1v) is 6.02. The van der Waals surface area contributed by atoms with E-state index in [-0.39, 0.29) is 0 Å². The zero-order valence-electron chi connectivity index (χ0n) is 10.2. The fourth-order valence-electron chi connectivity index (χ4n) is 1.66. The van der Waals surface area contributed by atoms with Crippen LogP contribution in [-0.4, -0.2) is 12.6 Å². The Kier molecular flexibility index (Phi) is 5.41. The average molecular weight is 205 g/mol. The standard InChI is InChI=1S/C14H23N/c1-4-13(3)15-11-7-10-14-9-6-5-8-12(14)2/h5-6,8-9,13,15H,4,7,10-11H2,1-3H3. The number of rotatable bonds is 6. The molecule has 0 saturated carbocycles. The number of aryl methyl sites for hydroxylation is 2. The first-order valence-electron chi connectivity index (χ1n) is 6.02. The van der Waals surface area contributed by atoms with Gasteiger partial charge in [-0.3, -0.25) is 0 Å². The Morgan fingerprint density at radius 2 is 2.00 bits per heavy atom. The van der Waals surface area contributed by atoms with Crippen molar-refractivity contribution in [2.45, 2.75) is 46.1 Å². The molecule has 0 saturated heterocycles. The smallest absolute Gasteiger partial charge is 0.00361 e. The Labute approximate surface area is 93.9 Å². The number of hydrogen-bond donors (Lipinski definition) is 1. The van der Waals surface area contributed by atoms with Crippen LogP contribution in [0.5, 0.6) is 0 Å². The van der Waals surface area contributed by atoms with Gasteiger partial charge in [-0.2, -0.15) is 0 Å². The zero-order valence-corrected chi connectivity index (χ0v) is 10.2. The lowest BCUT2D eigenvalue weighted by molar-refractivity contribution is 0.524. The highest BCUT2D eigenvalue weighted by molar-refractivity contribution is 5.25. The molecule has 0 aromatic heterocycles. The van der Waals surface area contributed by atoms with Gasteiger partial charge in [0.2, 0.25) is 0 Å². The van der Waals surface area contributed by atoms with Crippen LogP contribution in [0.1, 0.15) is 37.8 Å². The SMILES string of the molecule is CCC(C)NCCCc1ccccc1C. The molecule has 1 rings (SSSR count). The summed E-state index contributed by atoms with van der Waals surface area (Å²) in [6.45, 7) is 7.79. The highest BCUT2D eigenvalue weighted by atomic mass is 14.9. The normalized spacial score (nSPS) is 12.7. The summed E-state index contributed by atoms with van der Waals surface area (Å²) >= 11 is 0. The molecule has 15 heavy (non-hydrogen) atoms. The van der Waals surface area contributed by atoms with Crippen LogP contribution in [-0.2, 0) is 6.42 Å². The Bertz CT molecular complexity index is 280. The second-order valence-corrected chi connectivity index (χ2v) is 4.29. The van der Waals surface area contributed by atoms with E-state index in [0.29, 0.717) is 6.04 Å². The molecule has 0 spiro atoms. The molecule has 0 amide bonds. The highest BCUT2D eigenvalue weighted by Gasteiger charge is 1.98. The lowest BCUT2D eigenvalue weighted by atomic mass is 10.0. The van der Waals surface area contributed by atoms with Crippen molar-refractivity contribution in [2.24, 2.45) is 0 Å². The van der Waals surface area contributed by atoms with Gasteiger partial charge in [-0.25, -0.2) is 0 Å². The number of benzene rings is 1. The van der Waals surface area contributed by atoms with Crippen LogP contribution < -0.4 is 5.32 Å². The summed E-state index contributed by atoms with van der Waals surface area (Å²) in [6.07, 6.45) is 3.63. The highest BCUT2D eigenvalue weighted by Crippen LogP contribution is 2.08. The van der Waals surface area contributed by atoms with Gasteiger partial charge in [0.25, 0.3) is 0 Å². The van der Waals surface area contributed by atoms with E-state index in [1.54, 1.807) is 0 Å². The number of nitrogens with one attached hydrogen (secondary N) is 1. The Morgan fingerprint density at radius 1 is 1.27 bits per heavy atom. The maximum absolute atomic E-state index is 3.52. The minimum Gasteiger partial charge on any atom is -0.314 e. The van der Waals surface area contributed by atoms with Crippen LogP contribution in [0.4, 0.5) is 0 Å². The third kappa shape index (κ3) is 4.48. The first-order chi connectivity index (χ1) is 7.24. The van der Waals surface area contributed by atoms with Crippen LogP contribution in [0.2, 0.25) is 0 Å². The van der Waals surface area contributed by atoms with Gasteiger partial charge in [0, 0.05) is 6.04 Å². The monoisotopic (exact) mass is 205 g/mol. The summed E-state index contributed by atoms with van der Waals surface area (Å²) in [5.74, 6) is 0. The molecule has 1 aromatic rings. The van der Waals surface area contributed by atoms with E-state index in [2.05, 4.69) is 50.4 Å². The van der Waals surface area contributed by atoms with Crippen LogP contribution in [0.3, 0.4) is 0 Å². The van der Waals surface area contributed by atoms with Crippen LogP contribution >= 0.6 is 0 Å². The molecule has 0 radical (unpaired) electrons. The van der Waals surface area contributed by atoms with Crippen molar-refractivity contribution in [1.29, 1.82) is 0 Å². The lowest BCUT2D eigenvalue weighted by Gasteiger charge is -2.11. The molecule has 1 nitrogen and oxygen atoms in total. The van der Waals surface area contributed by atoms with Crippen molar-refractivity contribution in [3.05, 3.63) is 35.4 Å². The van der Waals surface area contributed by atoms with E-state index in [0.717, 1.165) is 6.54 Å². The molecule has 0 bridgehead atoms. The third-order valence-electron chi connectivity index (χ3n) is 2.99. The molecule has 0 aliphatic rings. The van der Waals surface area contributed by atoms with E-state index < -0.39 is 0 Å². The van der Waals surface area contributed by atoms with Gasteiger partial charge in [-0.05, 0) is 50.8 Å². The van der Waals surface area contributed by atoms with Gasteiger partial charge in [0.15, 0.2) is 0 Å². The Morgan fingerprint density at radius 3 is 2.67 bits per heavy atom. The van der Waals surface area contributed by atoms with Crippen molar-refractivity contribution in [1.82, 2.24) is 5.32 Å². The quantitative estimate of drug-likeness (QED) is 0.703. The van der Waals surface area contributed by atoms with Crippen molar-refractivity contribution in [2.75, 3.05) is 6.54 Å². The maximum atomic E-state index is 3.52. The second kappa shape index (κ2) is 6.62. The largest absolute Gasteiger partial charge is 0.314 e. The van der Waals surface area contributed by atoms with Crippen molar-refractivity contribution < 1.29 is 0 Å². The van der Waals surface area contributed by atoms with Gasteiger partial charge in [0.1, 0.15) is 0 Å². The molecule has 0 aliphatic carbocycles. The Hall–Kier alpha value is -0.820. The van der Waals surface area contributed by atoms with Crippen LogP contribution in [0.15, 0.2) is 24.3 Å². The molecular formula is C14H23N. The van der Waals surface area contributed by atoms with Crippen molar-refractivity contribution >= 4 is 0 Å². The lowest BCUT2D eigenvalue weighted by Crippen LogP contribution is -2.26. The van der Waals surface area contributed by atoms with E-state index in [9.17, 15) is 0 Å². The van der Waals surface area contributed by atoms with Gasteiger partial charge in [-0.15, -0.1) is 0 Å². The second-order valence-electron chi connectivity index (χ2n) is 4.29. The molecular weight excluding hydrogens is 182 g/mol. The summed E-state index contributed by atoms with van der Waals surface area (Å²) in [4.78, 5) is 0. The van der Waals surface area contributed by atoms with Gasteiger partial charge < -0.3 is 5.32 Å². The molecule has 1 atom stereocenters. The summed E-state index contributed by atoms with van der Waals surface area (Å²) in [5, 5.41) is 3.52. The van der Waals surface area contributed by atoms with Gasteiger partial charge >= 0.3 is 0 Å². The molecule has 0 heterocycles. The van der Waals surface area contributed by atoms with Crippen LogP contribution in [0, 0.1) is 6.92 Å². The average Bonchev–Trinajstić information content (AvgIpc) is 2.26. The first kappa shape index (κ1) is 12.3. The fourth-order valence-corrected chi connectivity index (χ4v) is 1.66. The summed E-state index contributed by atoms with van der Waals surface area (Å²) in [6, 6.07) is 9.32. The van der Waals surface area contributed by atoms with E-state index in [4.69, 9.17) is 0 Å². The fraction of sp³-hybridized carbons (Fsp3) is 0.571. The summed E-state index contributed by atoms with van der Waals surface area (Å²) in [7, 11) is 0. The summed E-state index contributed by atoms with van der Waals surface area (Å²) in [5.41, 5.74) is 2.91. The molecule has 1 unspecified atom stereocenters. The molecule has 1 heteroatoms. The van der Waals surface area contributed by atoms with E-state index in [1.807, 2.05) is 0 Å². The minimum atomic E-state index is 0.655. The van der Waals surface area contributed by atoms with Crippen LogP contribution in [0.25, 0.3) is 0 Å². The molecule has 84 valence electrons. The van der Waals surface area contributed by atoms with Crippen molar-refractivity contribution in [3.63, 3.8) is 0 Å². The van der Waals surface area contributed by atoms with Gasteiger partial charge in [-0.1, -0.05) is 31.2 Å². The predicted octanol–water partition coefficient (Wildman–Crippen LogP) is 3.32. The summed E-state index contributed by atoms with van der Waals surface area (Å²) < 4.78 is 0. The van der Waals surface area contributed by atoms with E-state index >= 15 is 0 Å². The van der Waals surface area contributed by atoms with Gasteiger partial charge in [0.05, 0.1) is 0 Å². The topological polar surface area (TPSA) is 12.0 Å². The Balaban J connectivity index is 2.23. The molecule has 0 aliphatic heterocycles. The predicted molar refractivity (Wildman–Crippen MR) is 67.3 cm³/mol. The maximum Gasteiger partial charge on any atom is 0.00361 e. The molecule has 0 fully saturated rings. The van der Waals surface area contributed by atoms with E-state index in [1.165, 1.54) is 30.4 Å². The minimum absolute atomic E-state index is 0.655. The van der Waals surface area contributed by atoms with Crippen molar-refractivity contribution in [3.8, 4) is 0 Å². The molecule has 1 N–H and O–H groups in total. The number of hydrogen-bond acceptors (Lipinski definition) is 1. The zero-order chi connectivity index (χ0) is 11.1. The molecule has 1 aromatic carbocycles. The third-order valence-corrected chi connectivity index (χ3v) is 2.99.